The zero-order valence-electron chi connectivity index (χ0n) is 7.64. The monoisotopic (exact) mass is 171 g/mol. The third-order valence-corrected chi connectivity index (χ3v) is 3.07. The molecule has 0 spiro atoms. The van der Waals surface area contributed by atoms with E-state index in [4.69, 9.17) is 0 Å². The summed E-state index contributed by atoms with van der Waals surface area (Å²) in [5, 5.41) is 1.44. The Kier molecular flexibility index (Phi) is 1.45. The number of aryl methyl sites for hydroxylation is 2. The van der Waals surface area contributed by atoms with Gasteiger partial charge in [0, 0.05) is 17.1 Å². The van der Waals surface area contributed by atoms with Crippen molar-refractivity contribution in [1.29, 1.82) is 0 Å². The smallest absolute Gasteiger partial charge is 0.0456 e. The van der Waals surface area contributed by atoms with Gasteiger partial charge >= 0.3 is 0 Å². The summed E-state index contributed by atoms with van der Waals surface area (Å²) in [6, 6.07) is 6.70. The lowest BCUT2D eigenvalue weighted by molar-refractivity contribution is 0.690. The molecule has 0 saturated carbocycles. The average molecular weight is 171 g/mol. The molecule has 1 heterocycles. The second kappa shape index (κ2) is 2.63. The van der Waals surface area contributed by atoms with Gasteiger partial charge in [0.15, 0.2) is 0 Å². The Bertz CT molecular complexity index is 439. The van der Waals surface area contributed by atoms with Crippen molar-refractivity contribution in [3.05, 3.63) is 35.5 Å². The summed E-state index contributed by atoms with van der Waals surface area (Å²) >= 11 is 0. The maximum absolute atomic E-state index is 3.27. The molecular formula is C12H13N. The number of fused-ring (bicyclic) bond motifs is 3. The highest BCUT2D eigenvalue weighted by Gasteiger charge is 2.11. The fraction of sp³-hybridized carbons (Fsp3) is 0.333. The lowest BCUT2D eigenvalue weighted by Gasteiger charge is -2.16. The number of nitrogens with one attached hydrogen (secondary N) is 1. The Balaban J connectivity index is 2.34. The third kappa shape index (κ3) is 0.998. The molecule has 1 aliphatic carbocycles. The first-order valence-corrected chi connectivity index (χ1v) is 5.03. The maximum Gasteiger partial charge on any atom is 0.0456 e. The molecule has 1 nitrogen and oxygen atoms in total. The van der Waals surface area contributed by atoms with Gasteiger partial charge in [-0.3, -0.25) is 0 Å². The van der Waals surface area contributed by atoms with E-state index in [1.807, 2.05) is 6.20 Å². The normalized spacial score (nSPS) is 16.0. The average Bonchev–Trinajstić information content (AvgIpc) is 2.65. The number of aromatic amines is 1. The van der Waals surface area contributed by atoms with Crippen LogP contribution in [0.25, 0.3) is 10.9 Å². The fourth-order valence-corrected chi connectivity index (χ4v) is 2.39. The highest BCUT2D eigenvalue weighted by atomic mass is 14.7. The Morgan fingerprint density at radius 1 is 1.00 bits per heavy atom. The molecule has 0 aliphatic heterocycles. The van der Waals surface area contributed by atoms with Crippen molar-refractivity contribution >= 4 is 10.9 Å². The summed E-state index contributed by atoms with van der Waals surface area (Å²) in [7, 11) is 0. The van der Waals surface area contributed by atoms with E-state index in [9.17, 15) is 0 Å². The Morgan fingerprint density at radius 3 is 2.92 bits per heavy atom. The predicted molar refractivity (Wildman–Crippen MR) is 54.9 cm³/mol. The number of hydrogen-bond donors (Lipinski definition) is 1. The van der Waals surface area contributed by atoms with Gasteiger partial charge in [0.1, 0.15) is 0 Å². The van der Waals surface area contributed by atoms with Crippen molar-refractivity contribution in [1.82, 2.24) is 4.98 Å². The van der Waals surface area contributed by atoms with Gasteiger partial charge in [-0.25, -0.2) is 0 Å². The zero-order chi connectivity index (χ0) is 8.67. The van der Waals surface area contributed by atoms with Gasteiger partial charge in [-0.05, 0) is 48.9 Å². The first kappa shape index (κ1) is 7.19. The molecule has 1 aromatic heterocycles. The number of rotatable bonds is 0. The number of H-pyrrole nitrogens is 1. The molecule has 3 rings (SSSR count). The number of hydrogen-bond acceptors (Lipinski definition) is 0. The first-order valence-electron chi connectivity index (χ1n) is 5.03. The summed E-state index contributed by atoms with van der Waals surface area (Å²) in [5.74, 6) is 0. The van der Waals surface area contributed by atoms with Crippen LogP contribution in [0.2, 0.25) is 0 Å². The first-order chi connectivity index (χ1) is 6.45. The minimum atomic E-state index is 1.27. The Labute approximate surface area is 77.8 Å². The maximum atomic E-state index is 3.27. The quantitative estimate of drug-likeness (QED) is 0.627. The van der Waals surface area contributed by atoms with Crippen LogP contribution in [0.4, 0.5) is 0 Å². The van der Waals surface area contributed by atoms with Crippen LogP contribution in [0.15, 0.2) is 24.4 Å². The molecule has 1 aliphatic rings. The second-order valence-corrected chi connectivity index (χ2v) is 3.85. The van der Waals surface area contributed by atoms with Crippen molar-refractivity contribution in [3.8, 4) is 0 Å². The van der Waals surface area contributed by atoms with Gasteiger partial charge in [0.05, 0.1) is 0 Å². The van der Waals surface area contributed by atoms with E-state index in [-0.39, 0.29) is 0 Å². The van der Waals surface area contributed by atoms with Crippen LogP contribution < -0.4 is 0 Å². The molecule has 66 valence electrons. The Hall–Kier alpha value is -1.24. The highest BCUT2D eigenvalue weighted by Crippen LogP contribution is 2.28. The molecule has 13 heavy (non-hydrogen) atoms. The summed E-state index contributed by atoms with van der Waals surface area (Å²) in [4.78, 5) is 3.27. The van der Waals surface area contributed by atoms with Crippen LogP contribution >= 0.6 is 0 Å². The van der Waals surface area contributed by atoms with Crippen molar-refractivity contribution < 1.29 is 0 Å². The van der Waals surface area contributed by atoms with E-state index in [0.29, 0.717) is 0 Å². The van der Waals surface area contributed by atoms with Crippen molar-refractivity contribution in [2.75, 3.05) is 0 Å². The molecule has 0 radical (unpaired) electrons. The van der Waals surface area contributed by atoms with Crippen molar-refractivity contribution in [3.63, 3.8) is 0 Å². The van der Waals surface area contributed by atoms with E-state index in [0.717, 1.165) is 0 Å². The number of benzene rings is 1. The molecule has 1 aromatic carbocycles. The zero-order valence-corrected chi connectivity index (χ0v) is 7.64. The van der Waals surface area contributed by atoms with Gasteiger partial charge in [0.2, 0.25) is 0 Å². The predicted octanol–water partition coefficient (Wildman–Crippen LogP) is 3.05. The van der Waals surface area contributed by atoms with E-state index in [1.54, 1.807) is 11.1 Å². The molecule has 1 N–H and O–H groups in total. The van der Waals surface area contributed by atoms with Crippen LogP contribution in [0.1, 0.15) is 24.0 Å². The van der Waals surface area contributed by atoms with Crippen LogP contribution in [0.5, 0.6) is 0 Å². The van der Waals surface area contributed by atoms with E-state index >= 15 is 0 Å². The molecule has 2 aromatic rings. The molecular weight excluding hydrogens is 158 g/mol. The van der Waals surface area contributed by atoms with Gasteiger partial charge in [0.25, 0.3) is 0 Å². The topological polar surface area (TPSA) is 15.8 Å². The van der Waals surface area contributed by atoms with Gasteiger partial charge in [-0.2, -0.15) is 0 Å². The standard InChI is InChI=1S/C12H13N/c1-2-4-10-9(3-1)5-6-12-11(10)7-8-13-12/h5-8,13H,1-4H2. The van der Waals surface area contributed by atoms with E-state index in [2.05, 4.69) is 23.2 Å². The highest BCUT2D eigenvalue weighted by molar-refractivity contribution is 5.84. The molecule has 0 atom stereocenters. The molecule has 0 saturated heterocycles. The van der Waals surface area contributed by atoms with Gasteiger partial charge in [-0.1, -0.05) is 6.07 Å². The molecule has 0 unspecified atom stereocenters. The lowest BCUT2D eigenvalue weighted by Crippen LogP contribution is -2.02. The SMILES string of the molecule is c1cc2c3c(ccc2[nH]1)CCCC3. The minimum Gasteiger partial charge on any atom is -0.361 e. The molecule has 0 bridgehead atoms. The van der Waals surface area contributed by atoms with E-state index < -0.39 is 0 Å². The summed E-state index contributed by atoms with van der Waals surface area (Å²) in [6.07, 6.45) is 7.31. The Morgan fingerprint density at radius 2 is 1.92 bits per heavy atom. The minimum absolute atomic E-state index is 1.27. The van der Waals surface area contributed by atoms with Crippen LogP contribution in [0, 0.1) is 0 Å². The number of aromatic nitrogens is 1. The van der Waals surface area contributed by atoms with E-state index in [1.165, 1.54) is 36.6 Å². The van der Waals surface area contributed by atoms with Gasteiger partial charge in [-0.15, -0.1) is 0 Å². The molecule has 1 heteroatoms. The second-order valence-electron chi connectivity index (χ2n) is 3.85. The lowest BCUT2D eigenvalue weighted by atomic mass is 9.89. The molecule has 0 amide bonds. The van der Waals surface area contributed by atoms with Gasteiger partial charge < -0.3 is 4.98 Å². The summed E-state index contributed by atoms with van der Waals surface area (Å²) in [6.45, 7) is 0. The largest absolute Gasteiger partial charge is 0.361 e. The van der Waals surface area contributed by atoms with Crippen LogP contribution in [0.3, 0.4) is 0 Å². The van der Waals surface area contributed by atoms with Crippen LogP contribution in [-0.2, 0) is 12.8 Å². The summed E-state index contributed by atoms with van der Waals surface area (Å²) < 4.78 is 0. The van der Waals surface area contributed by atoms with Crippen molar-refractivity contribution in [2.45, 2.75) is 25.7 Å². The summed E-state index contributed by atoms with van der Waals surface area (Å²) in [5.41, 5.74) is 4.45. The van der Waals surface area contributed by atoms with Crippen molar-refractivity contribution in [2.24, 2.45) is 0 Å². The van der Waals surface area contributed by atoms with Crippen LogP contribution in [-0.4, -0.2) is 4.98 Å². The molecule has 0 fully saturated rings. The third-order valence-electron chi connectivity index (χ3n) is 3.07. The fourth-order valence-electron chi connectivity index (χ4n) is 2.39.